The van der Waals surface area contributed by atoms with Crippen LogP contribution in [-0.2, 0) is 28.1 Å². The van der Waals surface area contributed by atoms with Crippen molar-refractivity contribution in [3.8, 4) is 11.4 Å². The number of para-hydroxylation sites is 3. The molecule has 292 valence electrons. The second-order valence-electron chi connectivity index (χ2n) is 20.4. The van der Waals surface area contributed by atoms with E-state index in [9.17, 15) is 0 Å². The summed E-state index contributed by atoms with van der Waals surface area (Å²) in [6, 6.07) is 46.1. The molecule has 6 aromatic carbocycles. The third kappa shape index (κ3) is 6.63. The predicted molar refractivity (Wildman–Crippen MR) is 249 cm³/mol. The second kappa shape index (κ2) is 13.4. The monoisotopic (exact) mass is 751 g/mol. The lowest BCUT2D eigenvalue weighted by molar-refractivity contribution is 0.520. The molecule has 0 aliphatic carbocycles. The van der Waals surface area contributed by atoms with Crippen LogP contribution in [-0.4, -0.2) is 23.2 Å². The number of anilines is 1. The zero-order chi connectivity index (χ0) is 40.8. The Bertz CT molecular complexity index is 2760. The summed E-state index contributed by atoms with van der Waals surface area (Å²) in [6.45, 7) is 25.8. The average molecular weight is 752 g/mol. The molecular weight excluding hydrogens is 691 g/mol. The summed E-state index contributed by atoms with van der Waals surface area (Å²) in [7, 11) is 4.39. The quantitative estimate of drug-likeness (QED) is 0.165. The molecular formula is C54H61N3. The Hall–Kier alpha value is -5.28. The first-order valence-corrected chi connectivity index (χ1v) is 20.8. The van der Waals surface area contributed by atoms with Gasteiger partial charge in [-0.15, -0.1) is 0 Å². The Morgan fingerprint density at radius 1 is 0.421 bits per heavy atom. The lowest BCUT2D eigenvalue weighted by atomic mass is 9.76. The minimum Gasteiger partial charge on any atom is -0.376 e. The molecule has 0 N–H and O–H groups in total. The zero-order valence-electron chi connectivity index (χ0n) is 36.6. The summed E-state index contributed by atoms with van der Waals surface area (Å²) >= 11 is 0. The number of nitrogens with zero attached hydrogens (tertiary/aromatic N) is 3. The van der Waals surface area contributed by atoms with Crippen LogP contribution in [0.15, 0.2) is 121 Å². The fourth-order valence-electron chi connectivity index (χ4n) is 9.26. The molecule has 2 heterocycles. The summed E-state index contributed by atoms with van der Waals surface area (Å²) in [5, 5.41) is 5.20. The summed E-state index contributed by atoms with van der Waals surface area (Å²) < 4.78 is 5.02. The van der Waals surface area contributed by atoms with Crippen LogP contribution in [0.4, 0.5) is 5.69 Å². The van der Waals surface area contributed by atoms with Gasteiger partial charge in [0.05, 0.1) is 33.4 Å². The van der Waals surface area contributed by atoms with Gasteiger partial charge in [0.15, 0.2) is 0 Å². The highest BCUT2D eigenvalue weighted by molar-refractivity contribution is 6.11. The van der Waals surface area contributed by atoms with E-state index in [2.05, 4.69) is 226 Å². The Kier molecular flexibility index (Phi) is 9.07. The number of hydrogen-bond donors (Lipinski definition) is 0. The molecule has 8 rings (SSSR count). The van der Waals surface area contributed by atoms with E-state index in [0.29, 0.717) is 0 Å². The van der Waals surface area contributed by atoms with E-state index in [-0.39, 0.29) is 21.7 Å². The number of fused-ring (bicyclic) bond motifs is 6. The average Bonchev–Trinajstić information content (AvgIpc) is 3.65. The van der Waals surface area contributed by atoms with Gasteiger partial charge >= 0.3 is 0 Å². The maximum absolute atomic E-state index is 2.52. The Morgan fingerprint density at radius 2 is 0.895 bits per heavy atom. The molecule has 0 aliphatic rings. The molecule has 0 radical (unpaired) electrons. The first-order valence-electron chi connectivity index (χ1n) is 20.8. The van der Waals surface area contributed by atoms with Gasteiger partial charge in [-0.2, -0.15) is 0 Å². The van der Waals surface area contributed by atoms with Gasteiger partial charge in [0.25, 0.3) is 0 Å². The van der Waals surface area contributed by atoms with Crippen LogP contribution in [0.25, 0.3) is 55.0 Å². The van der Waals surface area contributed by atoms with Crippen molar-refractivity contribution < 1.29 is 0 Å². The summed E-state index contributed by atoms with van der Waals surface area (Å²) in [4.78, 5) is 2.32. The highest BCUT2D eigenvalue weighted by Crippen LogP contribution is 2.44. The summed E-state index contributed by atoms with van der Waals surface area (Å²) in [6.07, 6.45) is 0.901. The van der Waals surface area contributed by atoms with Crippen LogP contribution in [0.1, 0.15) is 104 Å². The lowest BCUT2D eigenvalue weighted by Crippen LogP contribution is -2.24. The number of rotatable bonds is 6. The van der Waals surface area contributed by atoms with Gasteiger partial charge in [-0.3, -0.25) is 0 Å². The van der Waals surface area contributed by atoms with E-state index in [1.54, 1.807) is 0 Å². The van der Waals surface area contributed by atoms with E-state index >= 15 is 0 Å². The van der Waals surface area contributed by atoms with Gasteiger partial charge in [0.1, 0.15) is 0 Å². The van der Waals surface area contributed by atoms with Crippen molar-refractivity contribution in [3.63, 3.8) is 0 Å². The molecule has 0 spiro atoms. The molecule has 0 saturated heterocycles. The molecule has 3 nitrogen and oxygen atoms in total. The largest absolute Gasteiger partial charge is 0.376 e. The van der Waals surface area contributed by atoms with E-state index in [4.69, 9.17) is 0 Å². The van der Waals surface area contributed by atoms with Crippen LogP contribution >= 0.6 is 0 Å². The van der Waals surface area contributed by atoms with E-state index in [1.807, 2.05) is 0 Å². The fraction of sp³-hybridized carbons (Fsp3) is 0.333. The number of benzene rings is 6. The zero-order valence-corrected chi connectivity index (χ0v) is 36.6. The number of hydrogen-bond acceptors (Lipinski definition) is 1. The highest BCUT2D eigenvalue weighted by Gasteiger charge is 2.30. The molecule has 3 heteroatoms. The molecule has 57 heavy (non-hydrogen) atoms. The van der Waals surface area contributed by atoms with Crippen LogP contribution < -0.4 is 4.90 Å². The minimum absolute atomic E-state index is 0.00108. The molecule has 0 bridgehead atoms. The van der Waals surface area contributed by atoms with E-state index < -0.39 is 0 Å². The molecule has 2 aromatic heterocycles. The standard InChI is InChI=1S/C54H61N3/c1-51(2,3)36-26-28-46-40(32-36)41-33-37(27-29-47(41)56(46)48-25-19-16-22-42(48)52(4,5)6)54(10,11)34-35-30-43(53(7,8)9)50(55(12)13)49(31-35)57-44-23-17-14-20-38(44)39-21-15-18-24-45(39)57/h14-33H,34H2,1-13H3. The topological polar surface area (TPSA) is 13.1 Å². The van der Waals surface area contributed by atoms with Gasteiger partial charge < -0.3 is 14.0 Å². The van der Waals surface area contributed by atoms with Crippen molar-refractivity contribution in [2.45, 2.75) is 104 Å². The normalized spacial score (nSPS) is 13.1. The van der Waals surface area contributed by atoms with Crippen molar-refractivity contribution in [2.75, 3.05) is 19.0 Å². The van der Waals surface area contributed by atoms with Crippen LogP contribution in [0.5, 0.6) is 0 Å². The molecule has 0 saturated carbocycles. The third-order valence-corrected chi connectivity index (χ3v) is 12.2. The van der Waals surface area contributed by atoms with Crippen molar-refractivity contribution in [3.05, 3.63) is 149 Å². The lowest BCUT2D eigenvalue weighted by Gasteiger charge is -2.32. The van der Waals surface area contributed by atoms with Crippen molar-refractivity contribution >= 4 is 49.3 Å². The van der Waals surface area contributed by atoms with Gasteiger partial charge in [0, 0.05) is 41.3 Å². The fourth-order valence-corrected chi connectivity index (χ4v) is 9.26. The molecule has 0 amide bonds. The summed E-state index contributed by atoms with van der Waals surface area (Å²) in [5.74, 6) is 0. The van der Waals surface area contributed by atoms with Crippen LogP contribution in [0.2, 0.25) is 0 Å². The molecule has 8 aromatic rings. The maximum Gasteiger partial charge on any atom is 0.0701 e. The molecule has 0 atom stereocenters. The van der Waals surface area contributed by atoms with Crippen molar-refractivity contribution in [1.82, 2.24) is 9.13 Å². The number of aromatic nitrogens is 2. The van der Waals surface area contributed by atoms with E-state index in [0.717, 1.165) is 6.42 Å². The Labute approximate surface area is 340 Å². The smallest absolute Gasteiger partial charge is 0.0701 e. The molecule has 0 unspecified atom stereocenters. The van der Waals surface area contributed by atoms with Crippen molar-refractivity contribution in [1.29, 1.82) is 0 Å². The van der Waals surface area contributed by atoms with Crippen LogP contribution in [0, 0.1) is 0 Å². The first kappa shape index (κ1) is 38.6. The van der Waals surface area contributed by atoms with Gasteiger partial charge in [0.2, 0.25) is 0 Å². The Morgan fingerprint density at radius 3 is 1.44 bits per heavy atom. The maximum atomic E-state index is 2.52. The molecule has 0 fully saturated rings. The van der Waals surface area contributed by atoms with Gasteiger partial charge in [-0.05, 0) is 104 Å². The third-order valence-electron chi connectivity index (χ3n) is 12.2. The summed E-state index contributed by atoms with van der Waals surface area (Å²) in [5.41, 5.74) is 15.4. The van der Waals surface area contributed by atoms with Gasteiger partial charge in [-0.1, -0.05) is 149 Å². The predicted octanol–water partition coefficient (Wildman–Crippen LogP) is 14.4. The SMILES string of the molecule is CN(C)c1c(-n2c3ccccc3c3ccccc32)cc(CC(C)(C)c2ccc3c(c2)c2cc(C(C)(C)C)ccc2n3-c2ccccc2C(C)(C)C)cc1C(C)(C)C. The molecule has 0 aliphatic heterocycles. The second-order valence-corrected chi connectivity index (χ2v) is 20.4. The van der Waals surface area contributed by atoms with Crippen molar-refractivity contribution in [2.24, 2.45) is 0 Å². The first-order chi connectivity index (χ1) is 26.8. The van der Waals surface area contributed by atoms with Gasteiger partial charge in [-0.25, -0.2) is 0 Å². The Balaban J connectivity index is 1.33. The van der Waals surface area contributed by atoms with Crippen LogP contribution in [0.3, 0.4) is 0 Å². The van der Waals surface area contributed by atoms with E-state index in [1.165, 1.54) is 88.5 Å². The highest BCUT2D eigenvalue weighted by atomic mass is 15.1. The minimum atomic E-state index is -0.152.